The van der Waals surface area contributed by atoms with Crippen LogP contribution in [0.15, 0.2) is 91.0 Å². The highest BCUT2D eigenvalue weighted by Gasteiger charge is 2.38. The Balaban J connectivity index is 1.23. The van der Waals surface area contributed by atoms with E-state index in [9.17, 15) is 9.59 Å². The number of hydrogen-bond donors (Lipinski definition) is 2. The molecule has 1 aliphatic rings. The summed E-state index contributed by atoms with van der Waals surface area (Å²) < 4.78 is 0. The van der Waals surface area contributed by atoms with Gasteiger partial charge in [-0.3, -0.25) is 9.59 Å². The Morgan fingerprint density at radius 3 is 1.95 bits per heavy atom. The number of likely N-dealkylation sites (tertiary alicyclic amines) is 1. The number of piperidine rings is 1. The maximum Gasteiger partial charge on any atom is 0.221 e. The molecule has 1 aliphatic heterocycles. The number of carbonyl (C=O) groups excluding carboxylic acids is 2. The van der Waals surface area contributed by atoms with E-state index in [2.05, 4.69) is 65.8 Å². The first-order valence-corrected chi connectivity index (χ1v) is 16.4. The van der Waals surface area contributed by atoms with Crippen molar-refractivity contribution in [2.24, 2.45) is 11.8 Å². The smallest absolute Gasteiger partial charge is 0.221 e. The molecule has 5 nitrogen and oxygen atoms in total. The van der Waals surface area contributed by atoms with Crippen LogP contribution in [0.25, 0.3) is 0 Å². The van der Waals surface area contributed by atoms with Crippen LogP contribution in [0.3, 0.4) is 0 Å². The summed E-state index contributed by atoms with van der Waals surface area (Å²) in [6.45, 7) is 9.45. The number of carbonyl (C=O) groups is 2. The molecule has 1 saturated heterocycles. The number of unbranched alkanes of at least 4 members (excludes halogenated alkanes) is 2. The van der Waals surface area contributed by atoms with Crippen molar-refractivity contribution >= 4 is 11.8 Å². The van der Waals surface area contributed by atoms with Crippen LogP contribution < -0.4 is 10.6 Å². The van der Waals surface area contributed by atoms with Crippen molar-refractivity contribution in [3.8, 4) is 0 Å². The number of hydrogen-bond acceptors (Lipinski definition) is 3. The zero-order valence-electron chi connectivity index (χ0n) is 26.3. The average molecular weight is 582 g/mol. The molecule has 3 aromatic rings. The van der Waals surface area contributed by atoms with Crippen LogP contribution >= 0.6 is 0 Å². The fraction of sp³-hybridized carbons (Fsp3) is 0.474. The second-order valence-electron chi connectivity index (χ2n) is 12.4. The van der Waals surface area contributed by atoms with E-state index < -0.39 is 5.41 Å². The lowest BCUT2D eigenvalue weighted by Crippen LogP contribution is -2.42. The molecule has 43 heavy (non-hydrogen) atoms. The van der Waals surface area contributed by atoms with Gasteiger partial charge in [-0.25, -0.2) is 0 Å². The predicted molar refractivity (Wildman–Crippen MR) is 177 cm³/mol. The number of amides is 2. The highest BCUT2D eigenvalue weighted by Crippen LogP contribution is 2.42. The minimum absolute atomic E-state index is 0.0316. The Hall–Kier alpha value is -3.44. The summed E-state index contributed by atoms with van der Waals surface area (Å²) in [6, 6.07) is 31.0. The highest BCUT2D eigenvalue weighted by atomic mass is 16.2. The molecule has 2 atom stereocenters. The van der Waals surface area contributed by atoms with E-state index in [1.165, 1.54) is 32.4 Å². The summed E-state index contributed by atoms with van der Waals surface area (Å²) in [4.78, 5) is 28.6. The Morgan fingerprint density at radius 2 is 1.40 bits per heavy atom. The molecule has 2 amide bonds. The van der Waals surface area contributed by atoms with Crippen LogP contribution in [0, 0.1) is 11.8 Å². The van der Waals surface area contributed by atoms with Crippen molar-refractivity contribution in [3.63, 3.8) is 0 Å². The van der Waals surface area contributed by atoms with Crippen LogP contribution in [0.1, 0.15) is 81.9 Å². The molecular weight excluding hydrogens is 530 g/mol. The highest BCUT2D eigenvalue weighted by molar-refractivity contribution is 5.80. The van der Waals surface area contributed by atoms with E-state index in [4.69, 9.17) is 0 Å². The lowest BCUT2D eigenvalue weighted by molar-refractivity contribution is -0.122. The molecule has 1 unspecified atom stereocenters. The van der Waals surface area contributed by atoms with Gasteiger partial charge < -0.3 is 15.5 Å². The van der Waals surface area contributed by atoms with Crippen molar-refractivity contribution < 1.29 is 9.59 Å². The first-order chi connectivity index (χ1) is 21.0. The molecule has 5 heteroatoms. The first kappa shape index (κ1) is 32.5. The number of nitrogens with one attached hydrogen (secondary N) is 2. The van der Waals surface area contributed by atoms with Gasteiger partial charge in [0.15, 0.2) is 0 Å². The minimum Gasteiger partial charge on any atom is -0.356 e. The van der Waals surface area contributed by atoms with Crippen molar-refractivity contribution in [3.05, 3.63) is 108 Å². The van der Waals surface area contributed by atoms with Gasteiger partial charge in [0.2, 0.25) is 11.8 Å². The standard InChI is InChI=1S/C38H51N3O2/c1-3-31(2)29-41-26-16-17-32(30-41)28-40-36(42)24-14-7-15-25-39-37(43)27-38(33-18-8-4-9-19-33,34-20-10-5-11-21-34)35-22-12-6-13-23-35/h4-6,8-13,18-23,31-32H,3,7,14-17,24-30H2,1-2H3,(H,39,43)(H,40,42)/t31?,32-/m0/s1. The van der Waals surface area contributed by atoms with E-state index in [1.54, 1.807) is 0 Å². The lowest BCUT2D eigenvalue weighted by Gasteiger charge is -2.35. The minimum atomic E-state index is -0.588. The van der Waals surface area contributed by atoms with E-state index in [0.717, 1.165) is 55.0 Å². The van der Waals surface area contributed by atoms with Crippen molar-refractivity contribution in [2.45, 2.75) is 70.6 Å². The Kier molecular flexibility index (Phi) is 12.8. The first-order valence-electron chi connectivity index (χ1n) is 16.4. The fourth-order valence-corrected chi connectivity index (χ4v) is 6.49. The summed E-state index contributed by atoms with van der Waals surface area (Å²) in [5, 5.41) is 6.37. The summed E-state index contributed by atoms with van der Waals surface area (Å²) >= 11 is 0. The van der Waals surface area contributed by atoms with Crippen molar-refractivity contribution in [1.82, 2.24) is 15.5 Å². The van der Waals surface area contributed by atoms with Gasteiger partial charge in [0, 0.05) is 39.0 Å². The van der Waals surface area contributed by atoms with Crippen LogP contribution in [0.4, 0.5) is 0 Å². The molecule has 0 aliphatic carbocycles. The largest absolute Gasteiger partial charge is 0.356 e. The van der Waals surface area contributed by atoms with Crippen LogP contribution in [-0.4, -0.2) is 49.4 Å². The Bertz CT molecular complexity index is 1140. The predicted octanol–water partition coefficient (Wildman–Crippen LogP) is 6.96. The molecule has 0 spiro atoms. The molecule has 2 N–H and O–H groups in total. The molecule has 4 rings (SSSR count). The zero-order valence-corrected chi connectivity index (χ0v) is 26.3. The van der Waals surface area contributed by atoms with Crippen molar-refractivity contribution in [2.75, 3.05) is 32.7 Å². The van der Waals surface area contributed by atoms with E-state index in [0.29, 0.717) is 25.3 Å². The van der Waals surface area contributed by atoms with Gasteiger partial charge in [-0.2, -0.15) is 0 Å². The second kappa shape index (κ2) is 17.0. The molecule has 230 valence electrons. The van der Waals surface area contributed by atoms with Crippen LogP contribution in [-0.2, 0) is 15.0 Å². The maximum atomic E-state index is 13.5. The summed E-state index contributed by atoms with van der Waals surface area (Å²) in [5.74, 6) is 1.48. The van der Waals surface area contributed by atoms with Crippen molar-refractivity contribution in [1.29, 1.82) is 0 Å². The topological polar surface area (TPSA) is 61.4 Å². The lowest BCUT2D eigenvalue weighted by atomic mass is 9.67. The average Bonchev–Trinajstić information content (AvgIpc) is 3.05. The molecule has 0 radical (unpaired) electrons. The molecule has 3 aromatic carbocycles. The molecule has 0 aromatic heterocycles. The number of benzene rings is 3. The summed E-state index contributed by atoms with van der Waals surface area (Å²) in [6.07, 6.45) is 7.15. The SMILES string of the molecule is CCC(C)CN1CCC[C@@H](CNC(=O)CCCCCNC(=O)CC(c2ccccc2)(c2ccccc2)c2ccccc2)C1. The second-order valence-corrected chi connectivity index (χ2v) is 12.4. The molecule has 1 fully saturated rings. The van der Waals surface area contributed by atoms with Gasteiger partial charge in [-0.15, -0.1) is 0 Å². The van der Waals surface area contributed by atoms with Gasteiger partial charge in [0.25, 0.3) is 0 Å². The van der Waals surface area contributed by atoms with Crippen LogP contribution in [0.5, 0.6) is 0 Å². The number of rotatable bonds is 16. The van der Waals surface area contributed by atoms with Gasteiger partial charge >= 0.3 is 0 Å². The van der Waals surface area contributed by atoms with Gasteiger partial charge in [0.05, 0.1) is 5.41 Å². The van der Waals surface area contributed by atoms with E-state index >= 15 is 0 Å². The third-order valence-electron chi connectivity index (χ3n) is 9.09. The molecule has 0 saturated carbocycles. The van der Waals surface area contributed by atoms with Gasteiger partial charge in [-0.1, -0.05) is 118 Å². The summed E-state index contributed by atoms with van der Waals surface area (Å²) in [7, 11) is 0. The quantitative estimate of drug-likeness (QED) is 0.142. The maximum absolute atomic E-state index is 13.5. The normalized spacial score (nSPS) is 16.4. The Morgan fingerprint density at radius 1 is 0.814 bits per heavy atom. The number of nitrogens with zero attached hydrogens (tertiary/aromatic N) is 1. The molecule has 0 bridgehead atoms. The zero-order chi connectivity index (χ0) is 30.3. The van der Waals surface area contributed by atoms with Crippen LogP contribution in [0.2, 0.25) is 0 Å². The third kappa shape index (κ3) is 9.53. The summed E-state index contributed by atoms with van der Waals surface area (Å²) in [5.41, 5.74) is 2.72. The van der Waals surface area contributed by atoms with Gasteiger partial charge in [-0.05, 0) is 60.8 Å². The van der Waals surface area contributed by atoms with E-state index in [1.807, 2.05) is 54.6 Å². The fourth-order valence-electron chi connectivity index (χ4n) is 6.49. The Labute approximate surface area is 259 Å². The van der Waals surface area contributed by atoms with E-state index in [-0.39, 0.29) is 11.8 Å². The monoisotopic (exact) mass is 581 g/mol. The molecular formula is C38H51N3O2. The molecule has 1 heterocycles. The van der Waals surface area contributed by atoms with Gasteiger partial charge in [0.1, 0.15) is 0 Å². The third-order valence-corrected chi connectivity index (χ3v) is 9.09.